The van der Waals surface area contributed by atoms with Gasteiger partial charge in [0.25, 0.3) is 0 Å². The number of carbonyl (C=O) groups is 1. The summed E-state index contributed by atoms with van der Waals surface area (Å²) in [6, 6.07) is 9.61. The molecule has 2 rings (SSSR count). The number of anilines is 1. The maximum Gasteiger partial charge on any atom is 0.246 e. The number of rotatable bonds is 2. The van der Waals surface area contributed by atoms with Crippen molar-refractivity contribution >= 4 is 32.6 Å². The lowest BCUT2D eigenvalue weighted by atomic mass is 9.95. The Balaban J connectivity index is 2.25. The number of nitrogens with one attached hydrogen (secondary N) is 1. The van der Waals surface area contributed by atoms with Gasteiger partial charge in [-0.15, -0.1) is 0 Å². The molecule has 0 aliphatic rings. The smallest absolute Gasteiger partial charge is 0.246 e. The van der Waals surface area contributed by atoms with E-state index in [1.54, 1.807) is 13.8 Å². The number of aromatic nitrogens is 1. The number of para-hydroxylation sites is 1. The molecule has 86 valence electrons. The average Bonchev–Trinajstić information content (AvgIpc) is 2.70. The third kappa shape index (κ3) is 2.27. The van der Waals surface area contributed by atoms with Gasteiger partial charge in [0.05, 0.1) is 16.3 Å². The van der Waals surface area contributed by atoms with Crippen LogP contribution in [0.15, 0.2) is 24.3 Å². The quantitative estimate of drug-likeness (QED) is 0.884. The number of benzene rings is 1. The number of amides is 1. The number of hydrogen-bond donors (Lipinski definition) is 1. The van der Waals surface area contributed by atoms with Crippen molar-refractivity contribution in [3.8, 4) is 6.07 Å². The summed E-state index contributed by atoms with van der Waals surface area (Å²) in [5.41, 5.74) is -0.194. The van der Waals surface area contributed by atoms with Gasteiger partial charge in [-0.05, 0) is 26.0 Å². The SMILES string of the molecule is CC(C)(C#N)C(=O)Nc1nc2ccccc2s1. The second-order valence-electron chi connectivity index (χ2n) is 4.18. The Morgan fingerprint density at radius 2 is 2.18 bits per heavy atom. The fourth-order valence-electron chi connectivity index (χ4n) is 1.23. The van der Waals surface area contributed by atoms with Gasteiger partial charge in [0.15, 0.2) is 5.13 Å². The van der Waals surface area contributed by atoms with E-state index in [4.69, 9.17) is 5.26 Å². The lowest BCUT2D eigenvalue weighted by molar-refractivity contribution is -0.121. The summed E-state index contributed by atoms with van der Waals surface area (Å²) >= 11 is 1.40. The first-order valence-electron chi connectivity index (χ1n) is 5.11. The van der Waals surface area contributed by atoms with Crippen LogP contribution in [0.3, 0.4) is 0 Å². The predicted octanol–water partition coefficient (Wildman–Crippen LogP) is 2.78. The average molecular weight is 245 g/mol. The highest BCUT2D eigenvalue weighted by molar-refractivity contribution is 7.22. The summed E-state index contributed by atoms with van der Waals surface area (Å²) in [6.45, 7) is 3.16. The molecule has 0 fully saturated rings. The predicted molar refractivity (Wildman–Crippen MR) is 67.6 cm³/mol. The zero-order valence-electron chi connectivity index (χ0n) is 9.52. The van der Waals surface area contributed by atoms with E-state index in [1.165, 1.54) is 11.3 Å². The molecule has 1 aromatic carbocycles. The molecule has 0 bridgehead atoms. The summed E-state index contributed by atoms with van der Waals surface area (Å²) in [6.07, 6.45) is 0. The fourth-order valence-corrected chi connectivity index (χ4v) is 2.09. The number of thiazole rings is 1. The van der Waals surface area contributed by atoms with Crippen molar-refractivity contribution in [2.45, 2.75) is 13.8 Å². The first-order chi connectivity index (χ1) is 8.03. The van der Waals surface area contributed by atoms with E-state index in [0.717, 1.165) is 10.2 Å². The molecule has 0 unspecified atom stereocenters. The van der Waals surface area contributed by atoms with Crippen LogP contribution in [0.2, 0.25) is 0 Å². The number of hydrogen-bond acceptors (Lipinski definition) is 4. The van der Waals surface area contributed by atoms with E-state index >= 15 is 0 Å². The maximum absolute atomic E-state index is 11.8. The monoisotopic (exact) mass is 245 g/mol. The molecule has 0 aliphatic heterocycles. The molecule has 5 heteroatoms. The molecule has 0 radical (unpaired) electrons. The molecular formula is C12H11N3OS. The van der Waals surface area contributed by atoms with Crippen LogP contribution in [0.4, 0.5) is 5.13 Å². The summed E-state index contributed by atoms with van der Waals surface area (Å²) in [5.74, 6) is -0.334. The number of carbonyl (C=O) groups excluding carboxylic acids is 1. The Morgan fingerprint density at radius 3 is 2.82 bits per heavy atom. The number of fused-ring (bicyclic) bond motifs is 1. The minimum absolute atomic E-state index is 0.334. The summed E-state index contributed by atoms with van der Waals surface area (Å²) < 4.78 is 1.01. The molecule has 0 saturated carbocycles. The van der Waals surface area contributed by atoms with E-state index in [1.807, 2.05) is 30.3 Å². The molecule has 1 amide bonds. The van der Waals surface area contributed by atoms with Crippen LogP contribution in [-0.4, -0.2) is 10.9 Å². The molecule has 0 saturated heterocycles. The lowest BCUT2D eigenvalue weighted by Crippen LogP contribution is -2.29. The zero-order valence-corrected chi connectivity index (χ0v) is 10.3. The van der Waals surface area contributed by atoms with E-state index in [0.29, 0.717) is 5.13 Å². The maximum atomic E-state index is 11.8. The van der Waals surface area contributed by atoms with E-state index in [9.17, 15) is 4.79 Å². The first kappa shape index (κ1) is 11.6. The van der Waals surface area contributed by atoms with Gasteiger partial charge in [0, 0.05) is 0 Å². The Morgan fingerprint density at radius 1 is 1.47 bits per heavy atom. The van der Waals surface area contributed by atoms with Crippen molar-refractivity contribution < 1.29 is 4.79 Å². The minimum atomic E-state index is -1.04. The zero-order chi connectivity index (χ0) is 12.5. The molecule has 4 nitrogen and oxygen atoms in total. The molecule has 0 atom stereocenters. The Hall–Kier alpha value is -1.93. The standard InChI is InChI=1S/C12H11N3OS/c1-12(2,7-13)10(16)15-11-14-8-5-3-4-6-9(8)17-11/h3-6H,1-2H3,(H,14,15,16). The Labute approximate surface area is 103 Å². The van der Waals surface area contributed by atoms with Crippen LogP contribution in [0.1, 0.15) is 13.8 Å². The van der Waals surface area contributed by atoms with Crippen molar-refractivity contribution in [3.05, 3.63) is 24.3 Å². The molecule has 17 heavy (non-hydrogen) atoms. The minimum Gasteiger partial charge on any atom is -0.301 e. The van der Waals surface area contributed by atoms with Crippen molar-refractivity contribution in [1.29, 1.82) is 5.26 Å². The van der Waals surface area contributed by atoms with Crippen molar-refractivity contribution in [3.63, 3.8) is 0 Å². The van der Waals surface area contributed by atoms with Crippen molar-refractivity contribution in [1.82, 2.24) is 4.98 Å². The molecule has 1 aromatic heterocycles. The van der Waals surface area contributed by atoms with Gasteiger partial charge in [-0.2, -0.15) is 5.26 Å². The van der Waals surface area contributed by atoms with Gasteiger partial charge in [-0.25, -0.2) is 4.98 Å². The third-order valence-electron chi connectivity index (χ3n) is 2.36. The molecule has 1 N–H and O–H groups in total. The first-order valence-corrected chi connectivity index (χ1v) is 5.93. The fraction of sp³-hybridized carbons (Fsp3) is 0.250. The highest BCUT2D eigenvalue weighted by Gasteiger charge is 2.27. The summed E-state index contributed by atoms with van der Waals surface area (Å²) in [4.78, 5) is 16.1. The van der Waals surface area contributed by atoms with Crippen LogP contribution in [0, 0.1) is 16.7 Å². The topological polar surface area (TPSA) is 65.8 Å². The summed E-state index contributed by atoms with van der Waals surface area (Å²) in [7, 11) is 0. The van der Waals surface area contributed by atoms with Crippen molar-refractivity contribution in [2.75, 3.05) is 5.32 Å². The van der Waals surface area contributed by atoms with Gasteiger partial charge in [-0.3, -0.25) is 4.79 Å². The van der Waals surface area contributed by atoms with Gasteiger partial charge in [-0.1, -0.05) is 23.5 Å². The van der Waals surface area contributed by atoms with E-state index in [2.05, 4.69) is 10.3 Å². The molecule has 0 aliphatic carbocycles. The normalized spacial score (nSPS) is 11.1. The second-order valence-corrected chi connectivity index (χ2v) is 5.21. The van der Waals surface area contributed by atoms with Gasteiger partial charge in [0.2, 0.25) is 5.91 Å². The second kappa shape index (κ2) is 4.15. The van der Waals surface area contributed by atoms with Crippen LogP contribution in [0.5, 0.6) is 0 Å². The number of nitriles is 1. The highest BCUT2D eigenvalue weighted by atomic mass is 32.1. The Bertz CT molecular complexity index is 576. The number of nitrogens with zero attached hydrogens (tertiary/aromatic N) is 2. The summed E-state index contributed by atoms with van der Waals surface area (Å²) in [5, 5.41) is 12.1. The molecular weight excluding hydrogens is 234 g/mol. The molecule has 2 aromatic rings. The van der Waals surface area contributed by atoms with Gasteiger partial charge < -0.3 is 5.32 Å². The van der Waals surface area contributed by atoms with Crippen LogP contribution in [0.25, 0.3) is 10.2 Å². The molecule has 0 spiro atoms. The van der Waals surface area contributed by atoms with Gasteiger partial charge in [0.1, 0.15) is 5.41 Å². The molecule has 1 heterocycles. The van der Waals surface area contributed by atoms with Crippen LogP contribution >= 0.6 is 11.3 Å². The largest absolute Gasteiger partial charge is 0.301 e. The van der Waals surface area contributed by atoms with Crippen LogP contribution < -0.4 is 5.32 Å². The van der Waals surface area contributed by atoms with E-state index < -0.39 is 5.41 Å². The lowest BCUT2D eigenvalue weighted by Gasteiger charge is -2.12. The van der Waals surface area contributed by atoms with Crippen LogP contribution in [-0.2, 0) is 4.79 Å². The van der Waals surface area contributed by atoms with Crippen molar-refractivity contribution in [2.24, 2.45) is 5.41 Å². The third-order valence-corrected chi connectivity index (χ3v) is 3.31. The van der Waals surface area contributed by atoms with Gasteiger partial charge >= 0.3 is 0 Å². The highest BCUT2D eigenvalue weighted by Crippen LogP contribution is 2.26. The Kier molecular flexibility index (Phi) is 2.82. The van der Waals surface area contributed by atoms with E-state index in [-0.39, 0.29) is 5.91 Å².